The van der Waals surface area contributed by atoms with Crippen molar-refractivity contribution in [3.05, 3.63) is 0 Å². The predicted molar refractivity (Wildman–Crippen MR) is 44.2 cm³/mol. The quantitative estimate of drug-likeness (QED) is 0.246. The Bertz CT molecular complexity index is 128. The third-order valence-corrected chi connectivity index (χ3v) is 1.07. The second-order valence-corrected chi connectivity index (χ2v) is 2.54. The molecule has 0 aliphatic heterocycles. The van der Waals surface area contributed by atoms with Gasteiger partial charge in [-0.2, -0.15) is 0 Å². The van der Waals surface area contributed by atoms with E-state index in [1.807, 2.05) is 19.3 Å². The van der Waals surface area contributed by atoms with E-state index in [0.717, 1.165) is 0 Å². The molecule has 3 N–H and O–H groups in total. The molecular weight excluding hydrogens is 160 g/mol. The number of hydrogen-bond acceptors (Lipinski definition) is 4. The van der Waals surface area contributed by atoms with Crippen molar-refractivity contribution in [1.82, 2.24) is 5.43 Å². The molecule has 0 heterocycles. The maximum Gasteiger partial charge on any atom is 0.259 e. The van der Waals surface area contributed by atoms with Gasteiger partial charge in [0, 0.05) is 0 Å². The summed E-state index contributed by atoms with van der Waals surface area (Å²) in [4.78, 5) is 10.5. The molecule has 0 spiro atoms. The summed E-state index contributed by atoms with van der Waals surface area (Å²) in [5, 5.41) is 0. The minimum atomic E-state index is -0.334. The van der Waals surface area contributed by atoms with Crippen LogP contribution in [0.3, 0.4) is 0 Å². The molecule has 0 radical (unpaired) electrons. The number of nitrogens with one attached hydrogen (secondary N) is 1. The van der Waals surface area contributed by atoms with Gasteiger partial charge in [-0.15, -0.1) is 0 Å². The molecule has 0 unspecified atom stereocenters. The number of carbonyl (C=O) groups is 1. The number of ether oxygens (including phenoxy) is 2. The van der Waals surface area contributed by atoms with Crippen molar-refractivity contribution in [2.45, 2.75) is 20.0 Å². The molecule has 0 aromatic carbocycles. The highest BCUT2D eigenvalue weighted by Gasteiger charge is 1.97. The van der Waals surface area contributed by atoms with Crippen LogP contribution in [0.4, 0.5) is 0 Å². The van der Waals surface area contributed by atoms with Gasteiger partial charge in [-0.05, 0) is 13.8 Å². The summed E-state index contributed by atoms with van der Waals surface area (Å²) in [5.74, 6) is 4.49. The first-order valence-electron chi connectivity index (χ1n) is 3.85. The van der Waals surface area contributed by atoms with Crippen molar-refractivity contribution in [2.75, 3.05) is 19.8 Å². The first-order chi connectivity index (χ1) is 5.66. The van der Waals surface area contributed by atoms with E-state index >= 15 is 0 Å². The molecule has 0 saturated heterocycles. The minimum absolute atomic E-state index is 0.0159. The Morgan fingerprint density at radius 2 is 2.17 bits per heavy atom. The zero-order valence-corrected chi connectivity index (χ0v) is 7.50. The fraction of sp³-hybridized carbons (Fsp3) is 0.857. The molecule has 0 aromatic rings. The molecule has 0 aliphatic rings. The molecular formula is C7H16N2O3. The van der Waals surface area contributed by atoms with Gasteiger partial charge in [0.15, 0.2) is 0 Å². The highest BCUT2D eigenvalue weighted by Crippen LogP contribution is 1.86. The number of amides is 1. The van der Waals surface area contributed by atoms with Crippen LogP contribution >= 0.6 is 0 Å². The van der Waals surface area contributed by atoms with Gasteiger partial charge in [-0.25, -0.2) is 5.84 Å². The van der Waals surface area contributed by atoms with E-state index in [-0.39, 0.29) is 18.6 Å². The van der Waals surface area contributed by atoms with Crippen LogP contribution in [0.1, 0.15) is 13.8 Å². The van der Waals surface area contributed by atoms with Crippen LogP contribution in [0.15, 0.2) is 0 Å². The van der Waals surface area contributed by atoms with Crippen LogP contribution in [0, 0.1) is 0 Å². The van der Waals surface area contributed by atoms with Gasteiger partial charge >= 0.3 is 0 Å². The molecule has 0 atom stereocenters. The fourth-order valence-electron chi connectivity index (χ4n) is 0.549. The lowest BCUT2D eigenvalue weighted by molar-refractivity contribution is -0.126. The number of carbonyl (C=O) groups excluding carboxylic acids is 1. The van der Waals surface area contributed by atoms with Crippen molar-refractivity contribution < 1.29 is 14.3 Å². The molecule has 0 rings (SSSR count). The van der Waals surface area contributed by atoms with Crippen LogP contribution in [-0.4, -0.2) is 31.8 Å². The topological polar surface area (TPSA) is 73.6 Å². The lowest BCUT2D eigenvalue weighted by atomic mass is 10.5. The van der Waals surface area contributed by atoms with Crippen molar-refractivity contribution in [2.24, 2.45) is 5.84 Å². The zero-order chi connectivity index (χ0) is 9.40. The van der Waals surface area contributed by atoms with Crippen LogP contribution in [0.5, 0.6) is 0 Å². The monoisotopic (exact) mass is 176 g/mol. The standard InChI is InChI=1S/C7H16N2O3/c1-6(2)12-4-3-11-5-7(10)9-8/h6H,3-5,8H2,1-2H3,(H,9,10). The number of hydrogen-bond donors (Lipinski definition) is 2. The molecule has 0 bridgehead atoms. The Labute approximate surface area is 72.2 Å². The Morgan fingerprint density at radius 3 is 2.67 bits per heavy atom. The summed E-state index contributed by atoms with van der Waals surface area (Å²) >= 11 is 0. The first-order valence-corrected chi connectivity index (χ1v) is 3.85. The number of hydrazine groups is 1. The molecule has 72 valence electrons. The van der Waals surface area contributed by atoms with Crippen molar-refractivity contribution >= 4 is 5.91 Å². The average Bonchev–Trinajstić information content (AvgIpc) is 2.03. The SMILES string of the molecule is CC(C)OCCOCC(=O)NN. The molecule has 0 fully saturated rings. The molecule has 0 saturated carbocycles. The normalized spacial score (nSPS) is 10.3. The highest BCUT2D eigenvalue weighted by molar-refractivity contribution is 5.76. The Hall–Kier alpha value is -0.650. The Kier molecular flexibility index (Phi) is 6.64. The summed E-state index contributed by atoms with van der Waals surface area (Å²) in [5.41, 5.74) is 1.96. The van der Waals surface area contributed by atoms with Gasteiger partial charge in [0.2, 0.25) is 0 Å². The molecule has 0 aromatic heterocycles. The summed E-state index contributed by atoms with van der Waals surface area (Å²) in [6.45, 7) is 4.76. The second-order valence-electron chi connectivity index (χ2n) is 2.54. The van der Waals surface area contributed by atoms with E-state index in [4.69, 9.17) is 15.3 Å². The molecule has 1 amide bonds. The third kappa shape index (κ3) is 7.46. The van der Waals surface area contributed by atoms with Crippen molar-refractivity contribution in [1.29, 1.82) is 0 Å². The maximum absolute atomic E-state index is 10.5. The zero-order valence-electron chi connectivity index (χ0n) is 7.50. The van der Waals surface area contributed by atoms with E-state index in [2.05, 4.69) is 0 Å². The van der Waals surface area contributed by atoms with Gasteiger partial charge in [-0.1, -0.05) is 0 Å². The highest BCUT2D eigenvalue weighted by atomic mass is 16.5. The Balaban J connectivity index is 3.05. The van der Waals surface area contributed by atoms with E-state index in [0.29, 0.717) is 13.2 Å². The number of nitrogens with two attached hydrogens (primary N) is 1. The molecule has 5 nitrogen and oxygen atoms in total. The molecule has 5 heteroatoms. The molecule has 12 heavy (non-hydrogen) atoms. The smallest absolute Gasteiger partial charge is 0.259 e. The summed E-state index contributed by atoms with van der Waals surface area (Å²) in [7, 11) is 0. The van der Waals surface area contributed by atoms with Crippen LogP contribution < -0.4 is 11.3 Å². The van der Waals surface area contributed by atoms with Crippen LogP contribution in [-0.2, 0) is 14.3 Å². The predicted octanol–water partition coefficient (Wildman–Crippen LogP) is -0.582. The molecule has 0 aliphatic carbocycles. The van der Waals surface area contributed by atoms with Crippen molar-refractivity contribution in [3.63, 3.8) is 0 Å². The van der Waals surface area contributed by atoms with E-state index in [1.54, 1.807) is 0 Å². The maximum atomic E-state index is 10.5. The van der Waals surface area contributed by atoms with Gasteiger partial charge in [-0.3, -0.25) is 10.2 Å². The lowest BCUT2D eigenvalue weighted by Crippen LogP contribution is -2.33. The van der Waals surface area contributed by atoms with Crippen LogP contribution in [0.25, 0.3) is 0 Å². The van der Waals surface area contributed by atoms with Crippen LogP contribution in [0.2, 0.25) is 0 Å². The second kappa shape index (κ2) is 7.02. The third-order valence-electron chi connectivity index (χ3n) is 1.07. The van der Waals surface area contributed by atoms with E-state index in [1.165, 1.54) is 0 Å². The van der Waals surface area contributed by atoms with E-state index in [9.17, 15) is 4.79 Å². The summed E-state index contributed by atoms with van der Waals surface area (Å²) in [6, 6.07) is 0. The van der Waals surface area contributed by atoms with Gasteiger partial charge in [0.1, 0.15) is 6.61 Å². The van der Waals surface area contributed by atoms with Gasteiger partial charge in [0.05, 0.1) is 19.3 Å². The van der Waals surface area contributed by atoms with Crippen molar-refractivity contribution in [3.8, 4) is 0 Å². The van der Waals surface area contributed by atoms with E-state index < -0.39 is 0 Å². The average molecular weight is 176 g/mol. The fourth-order valence-corrected chi connectivity index (χ4v) is 0.549. The minimum Gasteiger partial charge on any atom is -0.376 e. The lowest BCUT2D eigenvalue weighted by Gasteiger charge is -2.07. The largest absolute Gasteiger partial charge is 0.376 e. The number of rotatable bonds is 6. The first kappa shape index (κ1) is 11.4. The summed E-state index contributed by atoms with van der Waals surface area (Å²) in [6.07, 6.45) is 0.192. The summed E-state index contributed by atoms with van der Waals surface area (Å²) < 4.78 is 10.1. The Morgan fingerprint density at radius 1 is 1.50 bits per heavy atom. The van der Waals surface area contributed by atoms with Gasteiger partial charge in [0.25, 0.3) is 5.91 Å². The van der Waals surface area contributed by atoms with Gasteiger partial charge < -0.3 is 9.47 Å².